The van der Waals surface area contributed by atoms with Crippen LogP contribution in [-0.2, 0) is 25.7 Å². The van der Waals surface area contributed by atoms with Crippen molar-refractivity contribution < 1.29 is 29.3 Å². The van der Waals surface area contributed by atoms with E-state index in [0.29, 0.717) is 5.91 Å². The van der Waals surface area contributed by atoms with E-state index in [4.69, 9.17) is 24.5 Å². The fraction of sp³-hybridized carbons (Fsp3) is 0.542. The molecular weight excluding hydrogens is 468 g/mol. The Hall–Kier alpha value is -3.35. The van der Waals surface area contributed by atoms with E-state index in [1.165, 1.54) is 5.56 Å². The Labute approximate surface area is 210 Å². The van der Waals surface area contributed by atoms with Crippen LogP contribution < -0.4 is 0 Å². The van der Waals surface area contributed by atoms with Gasteiger partial charge in [0.1, 0.15) is 12.7 Å². The molecule has 3 saturated heterocycles. The zero-order valence-corrected chi connectivity index (χ0v) is 20.3. The Morgan fingerprint density at radius 2 is 1.61 bits per heavy atom. The van der Waals surface area contributed by atoms with Crippen molar-refractivity contribution in [3.63, 3.8) is 0 Å². The van der Waals surface area contributed by atoms with Crippen LogP contribution in [0.25, 0.3) is 5.69 Å². The molecule has 4 heterocycles. The zero-order valence-electron chi connectivity index (χ0n) is 20.3. The van der Waals surface area contributed by atoms with Crippen LogP contribution in [0.4, 0.5) is 0 Å². The van der Waals surface area contributed by atoms with E-state index < -0.39 is 0 Å². The molecule has 1 aromatic heterocycles. The number of likely N-dealkylation sites (tertiary alicyclic amines) is 2. The summed E-state index contributed by atoms with van der Waals surface area (Å²) in [5, 5.41) is 17.9. The third-order valence-corrected chi connectivity index (χ3v) is 6.85. The van der Waals surface area contributed by atoms with Gasteiger partial charge in [-0.25, -0.2) is 9.67 Å². The molecule has 5 rings (SSSR count). The van der Waals surface area contributed by atoms with E-state index in [0.717, 1.165) is 84.1 Å². The molecule has 1 atom stereocenters. The molecule has 36 heavy (non-hydrogen) atoms. The van der Waals surface area contributed by atoms with Crippen molar-refractivity contribution in [3.05, 3.63) is 42.5 Å². The minimum absolute atomic E-state index is 0.161. The second-order valence-electron chi connectivity index (χ2n) is 8.95. The highest BCUT2D eigenvalue weighted by Crippen LogP contribution is 2.41. The van der Waals surface area contributed by atoms with Gasteiger partial charge in [0.15, 0.2) is 0 Å². The maximum atomic E-state index is 13.2. The monoisotopic (exact) mass is 502 g/mol. The average molecular weight is 503 g/mol. The molecule has 1 amide bonds. The summed E-state index contributed by atoms with van der Waals surface area (Å²) in [5.74, 6) is 0.375. The lowest BCUT2D eigenvalue weighted by atomic mass is 9.85. The van der Waals surface area contributed by atoms with Crippen LogP contribution in [0, 0.1) is 5.41 Å². The first kappa shape index (κ1) is 27.2. The van der Waals surface area contributed by atoms with E-state index in [1.54, 1.807) is 17.3 Å². The summed E-state index contributed by atoms with van der Waals surface area (Å²) in [7, 11) is 0. The second-order valence-corrected chi connectivity index (χ2v) is 8.95. The molecule has 2 aromatic rings. The number of carboxylic acid groups (broad SMARTS) is 2. The third kappa shape index (κ3) is 7.09. The molecule has 196 valence electrons. The van der Waals surface area contributed by atoms with E-state index in [1.807, 2.05) is 0 Å². The van der Waals surface area contributed by atoms with Gasteiger partial charge in [0, 0.05) is 45.8 Å². The molecule has 3 fully saturated rings. The van der Waals surface area contributed by atoms with Crippen LogP contribution >= 0.6 is 0 Å². The zero-order chi connectivity index (χ0) is 25.8. The van der Waals surface area contributed by atoms with E-state index >= 15 is 0 Å². The number of morpholine rings is 1. The van der Waals surface area contributed by atoms with Gasteiger partial charge in [-0.2, -0.15) is 5.10 Å². The fourth-order valence-corrected chi connectivity index (χ4v) is 5.02. The average Bonchev–Trinajstić information content (AvgIpc) is 3.63. The van der Waals surface area contributed by atoms with Gasteiger partial charge in [-0.15, -0.1) is 0 Å². The molecule has 0 aliphatic carbocycles. The van der Waals surface area contributed by atoms with Crippen molar-refractivity contribution in [2.45, 2.75) is 19.4 Å². The summed E-state index contributed by atoms with van der Waals surface area (Å²) in [6.07, 6.45) is 5.23. The molecular formula is C24H34N6O6. The van der Waals surface area contributed by atoms with Crippen molar-refractivity contribution in [1.29, 1.82) is 0 Å². The number of nitrogens with zero attached hydrogens (tertiary/aromatic N) is 6. The van der Waals surface area contributed by atoms with E-state index in [2.05, 4.69) is 49.0 Å². The highest BCUT2D eigenvalue weighted by Gasteiger charge is 2.50. The van der Waals surface area contributed by atoms with Crippen molar-refractivity contribution in [1.82, 2.24) is 29.5 Å². The first-order valence-corrected chi connectivity index (χ1v) is 12.0. The molecule has 3 aliphatic heterocycles. The van der Waals surface area contributed by atoms with Crippen molar-refractivity contribution >= 4 is 18.9 Å². The summed E-state index contributed by atoms with van der Waals surface area (Å²) in [5.41, 5.74) is 2.12. The van der Waals surface area contributed by atoms with Gasteiger partial charge in [0.05, 0.1) is 24.3 Å². The molecule has 0 radical (unpaired) electrons. The van der Waals surface area contributed by atoms with Gasteiger partial charge in [-0.1, -0.05) is 12.1 Å². The quantitative estimate of drug-likeness (QED) is 0.534. The first-order chi connectivity index (χ1) is 17.5. The van der Waals surface area contributed by atoms with E-state index in [9.17, 15) is 4.79 Å². The minimum Gasteiger partial charge on any atom is -0.483 e. The van der Waals surface area contributed by atoms with Crippen molar-refractivity contribution in [3.8, 4) is 5.69 Å². The lowest BCUT2D eigenvalue weighted by Crippen LogP contribution is -2.43. The normalized spacial score (nSPS) is 22.0. The van der Waals surface area contributed by atoms with Crippen LogP contribution in [0.15, 0.2) is 36.9 Å². The number of amides is 1. The van der Waals surface area contributed by atoms with Gasteiger partial charge in [-0.05, 0) is 37.1 Å². The summed E-state index contributed by atoms with van der Waals surface area (Å²) < 4.78 is 7.18. The van der Waals surface area contributed by atoms with E-state index in [-0.39, 0.29) is 18.4 Å². The molecule has 0 saturated carbocycles. The Bertz CT molecular complexity index is 945. The Morgan fingerprint density at radius 3 is 2.25 bits per heavy atom. The van der Waals surface area contributed by atoms with Crippen LogP contribution in [0.5, 0.6) is 0 Å². The predicted octanol–water partition coefficient (Wildman–Crippen LogP) is 0.426. The van der Waals surface area contributed by atoms with Gasteiger partial charge < -0.3 is 19.8 Å². The summed E-state index contributed by atoms with van der Waals surface area (Å²) in [6, 6.07) is 8.44. The predicted molar refractivity (Wildman–Crippen MR) is 130 cm³/mol. The van der Waals surface area contributed by atoms with Gasteiger partial charge >= 0.3 is 0 Å². The topological polar surface area (TPSA) is 141 Å². The lowest BCUT2D eigenvalue weighted by Gasteiger charge is -2.29. The fourth-order valence-electron chi connectivity index (χ4n) is 5.02. The number of ether oxygens (including phenoxy) is 1. The van der Waals surface area contributed by atoms with Crippen LogP contribution in [-0.4, -0.2) is 118 Å². The number of carbonyl (C=O) groups is 3. The molecule has 12 nitrogen and oxygen atoms in total. The molecule has 3 aliphatic rings. The Balaban J connectivity index is 0.000000550. The Kier molecular flexibility index (Phi) is 10.3. The molecule has 0 bridgehead atoms. The number of hydrogen-bond acceptors (Lipinski definition) is 8. The molecule has 12 heteroatoms. The summed E-state index contributed by atoms with van der Waals surface area (Å²) in [6.45, 7) is 8.58. The number of hydrogen-bond donors (Lipinski definition) is 2. The first-order valence-electron chi connectivity index (χ1n) is 12.0. The van der Waals surface area contributed by atoms with Crippen LogP contribution in [0.1, 0.15) is 18.4 Å². The summed E-state index contributed by atoms with van der Waals surface area (Å²) >= 11 is 0. The molecule has 2 N–H and O–H groups in total. The molecule has 1 spiro atoms. The van der Waals surface area contributed by atoms with Crippen LogP contribution in [0.3, 0.4) is 0 Å². The van der Waals surface area contributed by atoms with Gasteiger partial charge in [0.25, 0.3) is 12.9 Å². The summed E-state index contributed by atoms with van der Waals surface area (Å²) in [4.78, 5) is 40.9. The molecule has 1 unspecified atom stereocenters. The van der Waals surface area contributed by atoms with Crippen LogP contribution in [0.2, 0.25) is 0 Å². The lowest BCUT2D eigenvalue weighted by molar-refractivity contribution is -0.135. The van der Waals surface area contributed by atoms with Crippen molar-refractivity contribution in [2.75, 3.05) is 59.0 Å². The highest BCUT2D eigenvalue weighted by atomic mass is 16.5. The number of aromatic nitrogens is 3. The van der Waals surface area contributed by atoms with Gasteiger partial charge in [0.2, 0.25) is 5.91 Å². The number of rotatable bonds is 6. The standard InChI is InChI=1S/C22H30N6O2.2CH2O2/c29-21-22(6-8-27(21)10-9-25-11-13-30-14-12-25)5-7-26(16-22)15-19-1-3-20(4-2-19)28-18-23-17-24-28;2*2-1-3/h1-4,17-18H,5-16H2;2*1H,(H,2,3). The number of benzene rings is 1. The molecule has 1 aromatic carbocycles. The van der Waals surface area contributed by atoms with Crippen molar-refractivity contribution in [2.24, 2.45) is 5.41 Å². The minimum atomic E-state index is -0.250. The SMILES string of the molecule is O=C1N(CCN2CCOCC2)CCC12CCN(Cc1ccc(-n3cncn3)cc1)C2.O=CO.O=CO. The Morgan fingerprint density at radius 1 is 0.944 bits per heavy atom. The largest absolute Gasteiger partial charge is 0.483 e. The smallest absolute Gasteiger partial charge is 0.290 e. The van der Waals surface area contributed by atoms with Gasteiger partial charge in [-0.3, -0.25) is 24.2 Å². The number of carbonyl (C=O) groups excluding carboxylic acids is 1. The highest BCUT2D eigenvalue weighted by molar-refractivity contribution is 5.85. The third-order valence-electron chi connectivity index (χ3n) is 6.85. The second kappa shape index (κ2) is 13.7. The maximum Gasteiger partial charge on any atom is 0.290 e. The maximum absolute atomic E-state index is 13.2.